The van der Waals surface area contributed by atoms with Crippen molar-refractivity contribution < 1.29 is 22.8 Å². The number of anilines is 1. The average molecular weight is 327 g/mol. The molecule has 5 nitrogen and oxygen atoms in total. The Hall–Kier alpha value is -2.38. The van der Waals surface area contributed by atoms with E-state index in [0.717, 1.165) is 16.1 Å². The van der Waals surface area contributed by atoms with E-state index >= 15 is 0 Å². The minimum Gasteiger partial charge on any atom is -0.346 e. The third-order valence-electron chi connectivity index (χ3n) is 3.45. The maximum absolute atomic E-state index is 12.4. The smallest absolute Gasteiger partial charge is 0.346 e. The fourth-order valence-corrected chi connectivity index (χ4v) is 2.28. The number of halogens is 3. The highest BCUT2D eigenvalue weighted by Crippen LogP contribution is 2.28. The number of hydrogen-bond donors (Lipinski definition) is 1. The van der Waals surface area contributed by atoms with Crippen LogP contribution in [-0.4, -0.2) is 30.2 Å². The van der Waals surface area contributed by atoms with Crippen LogP contribution in [0.4, 0.5) is 18.9 Å². The maximum atomic E-state index is 12.4. The molecule has 2 rings (SSSR count). The first-order valence-corrected chi connectivity index (χ1v) is 6.91. The van der Waals surface area contributed by atoms with Crippen molar-refractivity contribution in [3.05, 3.63) is 29.3 Å². The molecule has 1 atom stereocenters. The average Bonchev–Trinajstić information content (AvgIpc) is 2.73. The number of carbonyl (C=O) groups is 2. The number of amides is 2. The fourth-order valence-electron chi connectivity index (χ4n) is 2.28. The molecule has 1 N–H and O–H groups in total. The lowest BCUT2D eigenvalue weighted by Gasteiger charge is -2.17. The molecule has 0 saturated carbocycles. The zero-order valence-electron chi connectivity index (χ0n) is 12.9. The molecule has 0 saturated heterocycles. The Morgan fingerprint density at radius 1 is 1.30 bits per heavy atom. The first-order valence-electron chi connectivity index (χ1n) is 6.91. The number of alkyl halides is 3. The molecule has 1 aromatic carbocycles. The normalized spacial score (nSPS) is 18.2. The van der Waals surface area contributed by atoms with Crippen molar-refractivity contribution in [2.24, 2.45) is 11.0 Å². The van der Waals surface area contributed by atoms with Crippen LogP contribution in [0, 0.1) is 19.8 Å². The second-order valence-corrected chi connectivity index (χ2v) is 5.45. The first kappa shape index (κ1) is 17.0. The molecule has 0 spiro atoms. The van der Waals surface area contributed by atoms with Crippen molar-refractivity contribution in [2.45, 2.75) is 26.9 Å². The standard InChI is InChI=1S/C15H16F3N3O2/c1-8-4-5-9(2)11(6-8)21-14(23)12(10(3)20-21)13(22)19-7-15(16,17)18/h4-6,12H,7H2,1-3H3,(H,19,22). The van der Waals surface area contributed by atoms with Gasteiger partial charge in [0.15, 0.2) is 5.92 Å². The van der Waals surface area contributed by atoms with Crippen LogP contribution in [-0.2, 0) is 9.59 Å². The molecule has 0 aromatic heterocycles. The summed E-state index contributed by atoms with van der Waals surface area (Å²) in [5, 5.41) is 6.86. The largest absolute Gasteiger partial charge is 0.405 e. The number of nitrogens with zero attached hydrogens (tertiary/aromatic N) is 2. The molecule has 23 heavy (non-hydrogen) atoms. The Kier molecular flexibility index (Phi) is 4.44. The number of aryl methyl sites for hydroxylation is 2. The van der Waals surface area contributed by atoms with Crippen molar-refractivity contribution in [1.29, 1.82) is 0 Å². The molecule has 1 unspecified atom stereocenters. The van der Waals surface area contributed by atoms with Crippen LogP contribution in [0.3, 0.4) is 0 Å². The Balaban J connectivity index is 2.21. The number of rotatable bonds is 3. The van der Waals surface area contributed by atoms with Crippen LogP contribution in [0.5, 0.6) is 0 Å². The van der Waals surface area contributed by atoms with Crippen LogP contribution in [0.2, 0.25) is 0 Å². The van der Waals surface area contributed by atoms with Gasteiger partial charge in [-0.05, 0) is 38.0 Å². The summed E-state index contributed by atoms with van der Waals surface area (Å²) < 4.78 is 36.6. The number of benzene rings is 1. The van der Waals surface area contributed by atoms with Crippen molar-refractivity contribution >= 4 is 23.2 Å². The number of nitrogens with one attached hydrogen (secondary N) is 1. The summed E-state index contributed by atoms with van der Waals surface area (Å²) in [6.07, 6.45) is -4.53. The third kappa shape index (κ3) is 3.69. The van der Waals surface area contributed by atoms with E-state index in [1.54, 1.807) is 24.4 Å². The van der Waals surface area contributed by atoms with Gasteiger partial charge < -0.3 is 5.32 Å². The summed E-state index contributed by atoms with van der Waals surface area (Å²) in [6, 6.07) is 5.41. The minimum atomic E-state index is -4.53. The van der Waals surface area contributed by atoms with Crippen LogP contribution < -0.4 is 10.3 Å². The van der Waals surface area contributed by atoms with Crippen LogP contribution in [0.25, 0.3) is 0 Å². The third-order valence-corrected chi connectivity index (χ3v) is 3.45. The van der Waals surface area contributed by atoms with E-state index in [9.17, 15) is 22.8 Å². The van der Waals surface area contributed by atoms with E-state index in [2.05, 4.69) is 5.10 Å². The van der Waals surface area contributed by atoms with Crippen LogP contribution in [0.15, 0.2) is 23.3 Å². The van der Waals surface area contributed by atoms with Gasteiger partial charge in [0.25, 0.3) is 5.91 Å². The predicted molar refractivity (Wildman–Crippen MR) is 79.1 cm³/mol. The van der Waals surface area contributed by atoms with Gasteiger partial charge in [-0.15, -0.1) is 0 Å². The molecular weight excluding hydrogens is 311 g/mol. The summed E-state index contributed by atoms with van der Waals surface area (Å²) in [5.41, 5.74) is 2.35. The number of hydrogen-bond acceptors (Lipinski definition) is 3. The molecule has 124 valence electrons. The summed E-state index contributed by atoms with van der Waals surface area (Å²) >= 11 is 0. The molecule has 0 aliphatic carbocycles. The number of hydrazone groups is 1. The van der Waals surface area contributed by atoms with Crippen molar-refractivity contribution in [3.8, 4) is 0 Å². The second kappa shape index (κ2) is 6.02. The molecule has 0 radical (unpaired) electrons. The van der Waals surface area contributed by atoms with E-state index in [1.165, 1.54) is 6.92 Å². The van der Waals surface area contributed by atoms with Crippen molar-refractivity contribution in [2.75, 3.05) is 11.6 Å². The highest BCUT2D eigenvalue weighted by molar-refractivity contribution is 6.26. The van der Waals surface area contributed by atoms with E-state index in [0.29, 0.717) is 5.69 Å². The lowest BCUT2D eigenvalue weighted by molar-refractivity contribution is -0.141. The van der Waals surface area contributed by atoms with Crippen LogP contribution in [0.1, 0.15) is 18.1 Å². The van der Waals surface area contributed by atoms with Gasteiger partial charge in [-0.1, -0.05) is 12.1 Å². The summed E-state index contributed by atoms with van der Waals surface area (Å²) in [7, 11) is 0. The van der Waals surface area contributed by atoms with Crippen molar-refractivity contribution in [1.82, 2.24) is 5.32 Å². The topological polar surface area (TPSA) is 61.8 Å². The van der Waals surface area contributed by atoms with E-state index in [4.69, 9.17) is 0 Å². The zero-order valence-corrected chi connectivity index (χ0v) is 12.9. The SMILES string of the molecule is CC1=NN(c2cc(C)ccc2C)C(=O)C1C(=O)NCC(F)(F)F. The van der Waals surface area contributed by atoms with Gasteiger partial charge in [0.2, 0.25) is 5.91 Å². The monoisotopic (exact) mass is 327 g/mol. The molecule has 1 aromatic rings. The van der Waals surface area contributed by atoms with Gasteiger partial charge in [0.1, 0.15) is 6.54 Å². The molecule has 8 heteroatoms. The Labute approximate surface area is 131 Å². The molecule has 2 amide bonds. The molecule has 1 aliphatic heterocycles. The molecule has 0 bridgehead atoms. The first-order chi connectivity index (χ1) is 10.6. The van der Waals surface area contributed by atoms with Gasteiger partial charge >= 0.3 is 6.18 Å². The van der Waals surface area contributed by atoms with E-state index < -0.39 is 30.5 Å². The van der Waals surface area contributed by atoms with Gasteiger partial charge in [0, 0.05) is 0 Å². The lowest BCUT2D eigenvalue weighted by Crippen LogP contribution is -2.43. The van der Waals surface area contributed by atoms with Gasteiger partial charge in [-0.3, -0.25) is 9.59 Å². The second-order valence-electron chi connectivity index (χ2n) is 5.45. The molecule has 1 aliphatic rings. The minimum absolute atomic E-state index is 0.163. The molecule has 0 fully saturated rings. The summed E-state index contributed by atoms with van der Waals surface area (Å²) in [5.74, 6) is -2.99. The number of carbonyl (C=O) groups excluding carboxylic acids is 2. The Morgan fingerprint density at radius 3 is 2.57 bits per heavy atom. The highest BCUT2D eigenvalue weighted by atomic mass is 19.4. The van der Waals surface area contributed by atoms with Crippen LogP contribution >= 0.6 is 0 Å². The molecule has 1 heterocycles. The van der Waals surface area contributed by atoms with Gasteiger partial charge in [-0.25, -0.2) is 0 Å². The lowest BCUT2D eigenvalue weighted by atomic mass is 10.0. The fraction of sp³-hybridized carbons (Fsp3) is 0.400. The Morgan fingerprint density at radius 2 is 1.96 bits per heavy atom. The van der Waals surface area contributed by atoms with Gasteiger partial charge in [0.05, 0.1) is 11.4 Å². The summed E-state index contributed by atoms with van der Waals surface area (Å²) in [4.78, 5) is 24.3. The Bertz CT molecular complexity index is 683. The predicted octanol–water partition coefficient (Wildman–Crippen LogP) is 2.32. The van der Waals surface area contributed by atoms with E-state index in [-0.39, 0.29) is 5.71 Å². The quantitative estimate of drug-likeness (QED) is 0.866. The van der Waals surface area contributed by atoms with Gasteiger partial charge in [-0.2, -0.15) is 23.3 Å². The highest BCUT2D eigenvalue weighted by Gasteiger charge is 2.41. The van der Waals surface area contributed by atoms with Crippen molar-refractivity contribution in [3.63, 3.8) is 0 Å². The summed E-state index contributed by atoms with van der Waals surface area (Å²) in [6.45, 7) is 3.59. The maximum Gasteiger partial charge on any atom is 0.405 e. The molecular formula is C15H16F3N3O2. The van der Waals surface area contributed by atoms with E-state index in [1.807, 2.05) is 13.0 Å². The zero-order chi connectivity index (χ0) is 17.4.